The molecule has 0 unspecified atom stereocenters. The van der Waals surface area contributed by atoms with Crippen molar-refractivity contribution in [3.63, 3.8) is 0 Å². The van der Waals surface area contributed by atoms with Crippen LogP contribution in [0.25, 0.3) is 0 Å². The highest BCUT2D eigenvalue weighted by molar-refractivity contribution is 5.88. The molecule has 0 radical (unpaired) electrons. The Bertz CT molecular complexity index is 519. The minimum absolute atomic E-state index is 0.0507. The van der Waals surface area contributed by atoms with E-state index in [-0.39, 0.29) is 18.4 Å². The maximum absolute atomic E-state index is 12.4. The molecular formula is C16H23N3O3. The van der Waals surface area contributed by atoms with Gasteiger partial charge in [-0.25, -0.2) is 0 Å². The van der Waals surface area contributed by atoms with Crippen LogP contribution in [0.4, 0.5) is 0 Å². The van der Waals surface area contributed by atoms with Gasteiger partial charge in [-0.3, -0.25) is 9.59 Å². The Morgan fingerprint density at radius 2 is 1.91 bits per heavy atom. The van der Waals surface area contributed by atoms with Crippen LogP contribution in [-0.4, -0.2) is 79.9 Å². The highest BCUT2D eigenvalue weighted by Gasteiger charge is 2.35. The van der Waals surface area contributed by atoms with Crippen molar-refractivity contribution in [2.75, 3.05) is 47.4 Å². The van der Waals surface area contributed by atoms with Crippen LogP contribution in [-0.2, 0) is 9.59 Å². The van der Waals surface area contributed by atoms with Crippen molar-refractivity contribution in [2.24, 2.45) is 0 Å². The zero-order valence-electron chi connectivity index (χ0n) is 13.4. The van der Waals surface area contributed by atoms with Crippen molar-refractivity contribution >= 4 is 11.8 Å². The van der Waals surface area contributed by atoms with E-state index in [9.17, 15) is 9.59 Å². The second-order valence-corrected chi connectivity index (χ2v) is 5.70. The van der Waals surface area contributed by atoms with Gasteiger partial charge in [-0.15, -0.1) is 0 Å². The summed E-state index contributed by atoms with van der Waals surface area (Å²) in [5.74, 6) is 0.442. The van der Waals surface area contributed by atoms with E-state index in [1.807, 2.05) is 25.2 Å². The summed E-state index contributed by atoms with van der Waals surface area (Å²) in [4.78, 5) is 29.9. The first-order chi connectivity index (χ1) is 10.5. The lowest BCUT2D eigenvalue weighted by molar-refractivity contribution is -0.148. The third-order valence-electron chi connectivity index (χ3n) is 3.74. The Morgan fingerprint density at radius 3 is 2.55 bits per heavy atom. The van der Waals surface area contributed by atoms with Crippen molar-refractivity contribution in [1.29, 1.82) is 0 Å². The monoisotopic (exact) mass is 305 g/mol. The number of para-hydroxylation sites is 1. The van der Waals surface area contributed by atoms with Gasteiger partial charge in [0.1, 0.15) is 11.8 Å². The summed E-state index contributed by atoms with van der Waals surface area (Å²) >= 11 is 0. The lowest BCUT2D eigenvalue weighted by Crippen LogP contribution is -2.60. The minimum Gasteiger partial charge on any atom is -0.484 e. The highest BCUT2D eigenvalue weighted by atomic mass is 16.5. The Balaban J connectivity index is 2.00. The molecule has 2 rings (SSSR count). The molecule has 1 aliphatic heterocycles. The number of carbonyl (C=O) groups is 2. The summed E-state index contributed by atoms with van der Waals surface area (Å²) in [6.07, 6.45) is 0. The Morgan fingerprint density at radius 1 is 1.23 bits per heavy atom. The molecule has 0 aliphatic carbocycles. The van der Waals surface area contributed by atoms with Gasteiger partial charge in [0, 0.05) is 33.7 Å². The Hall–Kier alpha value is -2.08. The molecule has 6 heteroatoms. The molecule has 0 N–H and O–H groups in total. The number of ether oxygens (including phenoxy) is 1. The first-order valence-corrected chi connectivity index (χ1v) is 7.36. The number of piperazine rings is 1. The van der Waals surface area contributed by atoms with E-state index in [4.69, 9.17) is 4.74 Å². The molecule has 6 nitrogen and oxygen atoms in total. The van der Waals surface area contributed by atoms with Crippen LogP contribution in [0.5, 0.6) is 5.75 Å². The number of rotatable bonds is 4. The smallest absolute Gasteiger partial charge is 0.261 e. The first-order valence-electron chi connectivity index (χ1n) is 7.36. The van der Waals surface area contributed by atoms with Crippen LogP contribution in [0.2, 0.25) is 0 Å². The maximum atomic E-state index is 12.4. The summed E-state index contributed by atoms with van der Waals surface area (Å²) in [5, 5.41) is 0. The average Bonchev–Trinajstić information content (AvgIpc) is 2.52. The van der Waals surface area contributed by atoms with Gasteiger partial charge in [-0.1, -0.05) is 18.2 Å². The van der Waals surface area contributed by atoms with Crippen LogP contribution >= 0.6 is 0 Å². The normalized spacial score (nSPS) is 18.9. The van der Waals surface area contributed by atoms with Gasteiger partial charge in [-0.05, 0) is 19.2 Å². The molecule has 1 aromatic rings. The molecular weight excluding hydrogens is 282 g/mol. The number of benzene rings is 1. The van der Waals surface area contributed by atoms with Crippen molar-refractivity contribution in [1.82, 2.24) is 14.7 Å². The number of nitrogens with zero attached hydrogens (tertiary/aromatic N) is 3. The van der Waals surface area contributed by atoms with Gasteiger partial charge in [0.25, 0.3) is 5.91 Å². The predicted octanol–water partition coefficient (Wildman–Crippen LogP) is 0.296. The zero-order chi connectivity index (χ0) is 16.1. The van der Waals surface area contributed by atoms with E-state index >= 15 is 0 Å². The van der Waals surface area contributed by atoms with E-state index in [1.54, 1.807) is 31.1 Å². The largest absolute Gasteiger partial charge is 0.484 e. The van der Waals surface area contributed by atoms with Crippen LogP contribution in [0.3, 0.4) is 0 Å². The van der Waals surface area contributed by atoms with Crippen LogP contribution < -0.4 is 4.74 Å². The summed E-state index contributed by atoms with van der Waals surface area (Å²) in [6, 6.07) is 8.77. The summed E-state index contributed by atoms with van der Waals surface area (Å²) in [6.45, 7) is 1.80. The summed E-state index contributed by atoms with van der Waals surface area (Å²) < 4.78 is 5.51. The topological polar surface area (TPSA) is 53.1 Å². The molecule has 0 bridgehead atoms. The molecule has 1 heterocycles. The second-order valence-electron chi connectivity index (χ2n) is 5.70. The average molecular weight is 305 g/mol. The van der Waals surface area contributed by atoms with Gasteiger partial charge < -0.3 is 19.4 Å². The fourth-order valence-electron chi connectivity index (χ4n) is 2.47. The van der Waals surface area contributed by atoms with Gasteiger partial charge in [0.2, 0.25) is 5.91 Å². The standard InChI is InChI=1S/C16H23N3O3/c1-17(2)16(21)14-11-18(3)9-10-19(14)15(20)12-22-13-7-5-4-6-8-13/h4-8,14H,9-12H2,1-3H3/t14-/m1/s1. The lowest BCUT2D eigenvalue weighted by Gasteiger charge is -2.39. The number of amides is 2. The molecule has 0 spiro atoms. The molecule has 0 aromatic heterocycles. The third-order valence-corrected chi connectivity index (χ3v) is 3.74. The van der Waals surface area contributed by atoms with Gasteiger partial charge in [0.15, 0.2) is 6.61 Å². The minimum atomic E-state index is -0.444. The van der Waals surface area contributed by atoms with E-state index in [0.29, 0.717) is 18.8 Å². The SMILES string of the molecule is CN1CCN(C(=O)COc2ccccc2)[C@@H](C(=O)N(C)C)C1. The van der Waals surface area contributed by atoms with E-state index in [1.165, 1.54) is 4.90 Å². The van der Waals surface area contributed by atoms with Crippen LogP contribution in [0, 0.1) is 0 Å². The number of likely N-dealkylation sites (N-methyl/N-ethyl adjacent to an activating group) is 2. The predicted molar refractivity (Wildman–Crippen MR) is 83.6 cm³/mol. The molecule has 1 fully saturated rings. The van der Waals surface area contributed by atoms with Crippen LogP contribution in [0.15, 0.2) is 30.3 Å². The van der Waals surface area contributed by atoms with Crippen molar-refractivity contribution in [3.05, 3.63) is 30.3 Å². The van der Waals surface area contributed by atoms with Crippen LogP contribution in [0.1, 0.15) is 0 Å². The number of hydrogen-bond donors (Lipinski definition) is 0. The quantitative estimate of drug-likeness (QED) is 0.803. The summed E-state index contributed by atoms with van der Waals surface area (Å²) in [7, 11) is 5.37. The first kappa shape index (κ1) is 16.3. The fraction of sp³-hybridized carbons (Fsp3) is 0.500. The highest BCUT2D eigenvalue weighted by Crippen LogP contribution is 2.13. The molecule has 1 saturated heterocycles. The molecule has 22 heavy (non-hydrogen) atoms. The van der Waals surface area contributed by atoms with Gasteiger partial charge in [0.05, 0.1) is 0 Å². The zero-order valence-corrected chi connectivity index (χ0v) is 13.4. The van der Waals surface area contributed by atoms with Gasteiger partial charge >= 0.3 is 0 Å². The van der Waals surface area contributed by atoms with Crippen molar-refractivity contribution in [2.45, 2.75) is 6.04 Å². The third kappa shape index (κ3) is 3.98. The Kier molecular flexibility index (Phi) is 5.38. The second kappa shape index (κ2) is 7.26. The molecule has 1 aromatic carbocycles. The summed E-state index contributed by atoms with van der Waals surface area (Å²) in [5.41, 5.74) is 0. The number of hydrogen-bond acceptors (Lipinski definition) is 4. The Labute approximate surface area is 131 Å². The lowest BCUT2D eigenvalue weighted by atomic mass is 10.1. The molecule has 1 aliphatic rings. The van der Waals surface area contributed by atoms with E-state index in [0.717, 1.165) is 6.54 Å². The molecule has 120 valence electrons. The maximum Gasteiger partial charge on any atom is 0.261 e. The van der Waals surface area contributed by atoms with Gasteiger partial charge in [-0.2, -0.15) is 0 Å². The fourth-order valence-corrected chi connectivity index (χ4v) is 2.47. The van der Waals surface area contributed by atoms with E-state index < -0.39 is 6.04 Å². The van der Waals surface area contributed by atoms with E-state index in [2.05, 4.69) is 4.90 Å². The molecule has 2 amide bonds. The van der Waals surface area contributed by atoms with Crippen molar-refractivity contribution in [3.8, 4) is 5.75 Å². The molecule has 1 atom stereocenters. The van der Waals surface area contributed by atoms with Crippen molar-refractivity contribution < 1.29 is 14.3 Å². The molecule has 0 saturated carbocycles. The number of carbonyl (C=O) groups excluding carboxylic acids is 2.